The van der Waals surface area contributed by atoms with E-state index in [-0.39, 0.29) is 11.8 Å². The molecule has 6 heteroatoms. The molecule has 24 heavy (non-hydrogen) atoms. The number of hydrogen-bond donors (Lipinski definition) is 3. The van der Waals surface area contributed by atoms with Crippen LogP contribution in [0.15, 0.2) is 24.3 Å². The average Bonchev–Trinajstić information content (AvgIpc) is 3.06. The number of benzene rings is 1. The number of hydrogen-bond acceptors (Lipinski definition) is 3. The Bertz CT molecular complexity index is 592. The van der Waals surface area contributed by atoms with E-state index in [2.05, 4.69) is 10.6 Å². The zero-order valence-corrected chi connectivity index (χ0v) is 13.9. The van der Waals surface area contributed by atoms with Crippen molar-refractivity contribution in [1.29, 1.82) is 0 Å². The molecule has 0 heterocycles. The zero-order valence-electron chi connectivity index (χ0n) is 13.9. The molecule has 0 aliphatic heterocycles. The van der Waals surface area contributed by atoms with Crippen LogP contribution < -0.4 is 10.6 Å². The molecule has 0 bridgehead atoms. The van der Waals surface area contributed by atoms with Gasteiger partial charge in [0.2, 0.25) is 5.91 Å². The second-order valence-electron chi connectivity index (χ2n) is 6.43. The van der Waals surface area contributed by atoms with Gasteiger partial charge in [0.25, 0.3) is 5.91 Å². The van der Waals surface area contributed by atoms with Crippen LogP contribution in [0.1, 0.15) is 49.4 Å². The molecule has 0 radical (unpaired) electrons. The van der Waals surface area contributed by atoms with Crippen LogP contribution in [-0.4, -0.2) is 29.4 Å². The molecule has 1 aromatic carbocycles. The van der Waals surface area contributed by atoms with E-state index >= 15 is 0 Å². The van der Waals surface area contributed by atoms with E-state index in [0.29, 0.717) is 17.2 Å². The van der Waals surface area contributed by atoms with Crippen molar-refractivity contribution >= 4 is 23.5 Å². The third-order valence-electron chi connectivity index (χ3n) is 4.42. The molecule has 3 N–H and O–H groups in total. The summed E-state index contributed by atoms with van der Waals surface area (Å²) in [6.07, 6.45) is 5.89. The molecular weight excluding hydrogens is 308 g/mol. The van der Waals surface area contributed by atoms with Crippen molar-refractivity contribution in [3.63, 3.8) is 0 Å². The Hall–Kier alpha value is -2.37. The van der Waals surface area contributed by atoms with Crippen LogP contribution in [0.5, 0.6) is 0 Å². The van der Waals surface area contributed by atoms with Crippen LogP contribution in [0.4, 0.5) is 5.69 Å². The summed E-state index contributed by atoms with van der Waals surface area (Å²) in [5, 5.41) is 13.7. The third kappa shape index (κ3) is 5.37. The normalized spacial score (nSPS) is 15.7. The summed E-state index contributed by atoms with van der Waals surface area (Å²) in [5.74, 6) is -0.934. The number of nitrogens with one attached hydrogen (secondary N) is 2. The molecule has 2 amide bonds. The standard InChI is InChI=1S/C18H24N2O4/c1-12(10-13-4-2-3-5-13)17(23)20-15-8-6-14(7-9-15)18(24)19-11-16(21)22/h6-9,12-13H,2-5,10-11H2,1H3,(H,19,24)(H,20,23)(H,21,22). The van der Waals surface area contributed by atoms with Crippen LogP contribution in [-0.2, 0) is 9.59 Å². The van der Waals surface area contributed by atoms with Gasteiger partial charge < -0.3 is 15.7 Å². The summed E-state index contributed by atoms with van der Waals surface area (Å²) >= 11 is 0. The van der Waals surface area contributed by atoms with E-state index in [1.54, 1.807) is 24.3 Å². The Balaban J connectivity index is 1.84. The summed E-state index contributed by atoms with van der Waals surface area (Å²) in [6, 6.07) is 6.43. The lowest BCUT2D eigenvalue weighted by Crippen LogP contribution is -2.29. The van der Waals surface area contributed by atoms with Crippen molar-refractivity contribution in [2.75, 3.05) is 11.9 Å². The van der Waals surface area contributed by atoms with Gasteiger partial charge >= 0.3 is 5.97 Å². The quantitative estimate of drug-likeness (QED) is 0.715. The predicted molar refractivity (Wildman–Crippen MR) is 90.8 cm³/mol. The fourth-order valence-electron chi connectivity index (χ4n) is 3.08. The van der Waals surface area contributed by atoms with Gasteiger partial charge in [-0.2, -0.15) is 0 Å². The number of carboxylic acid groups (broad SMARTS) is 1. The number of amides is 2. The smallest absolute Gasteiger partial charge is 0.322 e. The lowest BCUT2D eigenvalue weighted by atomic mass is 9.94. The molecule has 0 saturated heterocycles. The number of rotatable bonds is 7. The van der Waals surface area contributed by atoms with Gasteiger partial charge in [-0.05, 0) is 36.6 Å². The Morgan fingerprint density at radius 3 is 2.38 bits per heavy atom. The Morgan fingerprint density at radius 1 is 1.17 bits per heavy atom. The molecule has 130 valence electrons. The van der Waals surface area contributed by atoms with Gasteiger partial charge in [0.1, 0.15) is 6.54 Å². The fourth-order valence-corrected chi connectivity index (χ4v) is 3.08. The minimum atomic E-state index is -1.09. The first-order valence-corrected chi connectivity index (χ1v) is 8.36. The lowest BCUT2D eigenvalue weighted by molar-refractivity contribution is -0.135. The molecule has 0 aromatic heterocycles. The molecule has 1 aliphatic rings. The van der Waals surface area contributed by atoms with E-state index in [4.69, 9.17) is 5.11 Å². The van der Waals surface area contributed by atoms with E-state index in [1.165, 1.54) is 25.7 Å². The van der Waals surface area contributed by atoms with Crippen LogP contribution in [0.25, 0.3) is 0 Å². The van der Waals surface area contributed by atoms with Crippen LogP contribution in [0, 0.1) is 11.8 Å². The van der Waals surface area contributed by atoms with Crippen molar-refractivity contribution in [3.8, 4) is 0 Å². The van der Waals surface area contributed by atoms with Gasteiger partial charge in [-0.3, -0.25) is 14.4 Å². The summed E-state index contributed by atoms with van der Waals surface area (Å²) in [5.41, 5.74) is 0.987. The molecule has 2 rings (SSSR count). The van der Waals surface area contributed by atoms with Crippen LogP contribution >= 0.6 is 0 Å². The molecule has 1 aliphatic carbocycles. The highest BCUT2D eigenvalue weighted by atomic mass is 16.4. The van der Waals surface area contributed by atoms with Gasteiger partial charge in [0.15, 0.2) is 0 Å². The predicted octanol–water partition coefficient (Wildman–Crippen LogP) is 2.66. The Morgan fingerprint density at radius 2 is 1.79 bits per heavy atom. The summed E-state index contributed by atoms with van der Waals surface area (Å²) < 4.78 is 0. The van der Waals surface area contributed by atoms with E-state index in [0.717, 1.165) is 6.42 Å². The molecule has 1 atom stereocenters. The largest absolute Gasteiger partial charge is 0.480 e. The van der Waals surface area contributed by atoms with Crippen LogP contribution in [0.3, 0.4) is 0 Å². The number of carbonyl (C=O) groups is 3. The zero-order chi connectivity index (χ0) is 17.5. The van der Waals surface area contributed by atoms with Gasteiger partial charge in [-0.15, -0.1) is 0 Å². The molecule has 1 saturated carbocycles. The maximum atomic E-state index is 12.2. The first-order chi connectivity index (χ1) is 11.5. The monoisotopic (exact) mass is 332 g/mol. The number of anilines is 1. The minimum absolute atomic E-state index is 0.00928. The molecule has 1 aromatic rings. The lowest BCUT2D eigenvalue weighted by Gasteiger charge is -2.16. The summed E-state index contributed by atoms with van der Waals surface area (Å²) in [6.45, 7) is 1.53. The van der Waals surface area contributed by atoms with E-state index < -0.39 is 18.4 Å². The van der Waals surface area contributed by atoms with Crippen LogP contribution in [0.2, 0.25) is 0 Å². The van der Waals surface area contributed by atoms with Crippen molar-refractivity contribution in [1.82, 2.24) is 5.32 Å². The van der Waals surface area contributed by atoms with Gasteiger partial charge in [-0.25, -0.2) is 0 Å². The van der Waals surface area contributed by atoms with Gasteiger partial charge in [0.05, 0.1) is 0 Å². The van der Waals surface area contributed by atoms with Crippen molar-refractivity contribution < 1.29 is 19.5 Å². The van der Waals surface area contributed by atoms with Crippen molar-refractivity contribution in [2.45, 2.75) is 39.0 Å². The Labute approximate surface area is 141 Å². The minimum Gasteiger partial charge on any atom is -0.480 e. The maximum absolute atomic E-state index is 12.2. The average molecular weight is 332 g/mol. The van der Waals surface area contributed by atoms with Gasteiger partial charge in [-0.1, -0.05) is 32.6 Å². The van der Waals surface area contributed by atoms with Crippen molar-refractivity contribution in [2.24, 2.45) is 11.8 Å². The highest BCUT2D eigenvalue weighted by Crippen LogP contribution is 2.30. The molecule has 6 nitrogen and oxygen atoms in total. The topological polar surface area (TPSA) is 95.5 Å². The summed E-state index contributed by atoms with van der Waals surface area (Å²) in [7, 11) is 0. The summed E-state index contributed by atoms with van der Waals surface area (Å²) in [4.78, 5) is 34.4. The third-order valence-corrected chi connectivity index (χ3v) is 4.42. The number of carbonyl (C=O) groups excluding carboxylic acids is 2. The van der Waals surface area contributed by atoms with Gasteiger partial charge in [0, 0.05) is 17.2 Å². The molecular formula is C18H24N2O4. The van der Waals surface area contributed by atoms with Crippen molar-refractivity contribution in [3.05, 3.63) is 29.8 Å². The second kappa shape index (κ2) is 8.47. The SMILES string of the molecule is CC(CC1CCCC1)C(=O)Nc1ccc(C(=O)NCC(=O)O)cc1. The first-order valence-electron chi connectivity index (χ1n) is 8.36. The second-order valence-corrected chi connectivity index (χ2v) is 6.43. The number of carboxylic acids is 1. The molecule has 1 fully saturated rings. The number of aliphatic carboxylic acids is 1. The molecule has 0 spiro atoms. The molecule has 1 unspecified atom stereocenters. The highest BCUT2D eigenvalue weighted by Gasteiger charge is 2.21. The van der Waals surface area contributed by atoms with E-state index in [9.17, 15) is 14.4 Å². The highest BCUT2D eigenvalue weighted by molar-refractivity contribution is 5.97. The Kier molecular flexibility index (Phi) is 6.35. The maximum Gasteiger partial charge on any atom is 0.322 e. The van der Waals surface area contributed by atoms with E-state index in [1.807, 2.05) is 6.92 Å². The first kappa shape index (κ1) is 18.0. The fraction of sp³-hybridized carbons (Fsp3) is 0.500.